The van der Waals surface area contributed by atoms with Gasteiger partial charge >= 0.3 is 6.09 Å². The predicted molar refractivity (Wildman–Crippen MR) is 109 cm³/mol. The van der Waals surface area contributed by atoms with Crippen LogP contribution in [0.2, 0.25) is 0 Å². The number of carbonyl (C=O) groups is 2. The van der Waals surface area contributed by atoms with Crippen LogP contribution in [0.5, 0.6) is 0 Å². The standard InChI is InChI=1S/C23H28N2O3/c1-2-18-8-10-19(11-9-18)16-21(26)23(24)12-14-25(15-13-23)22(27)28-17-20-6-4-3-5-7-20/h3-11H,2,12-17,24H2,1H3. The third kappa shape index (κ3) is 4.98. The van der Waals surface area contributed by atoms with Crippen LogP contribution in [0.1, 0.15) is 36.5 Å². The van der Waals surface area contributed by atoms with E-state index in [0.717, 1.165) is 17.5 Å². The second kappa shape index (κ2) is 9.02. The monoisotopic (exact) mass is 380 g/mol. The summed E-state index contributed by atoms with van der Waals surface area (Å²) in [4.78, 5) is 26.7. The third-order valence-corrected chi connectivity index (χ3v) is 5.47. The summed E-state index contributed by atoms with van der Waals surface area (Å²) in [6.07, 6.45) is 1.87. The van der Waals surface area contributed by atoms with Crippen LogP contribution < -0.4 is 5.73 Å². The number of Topliss-reactive ketones (excluding diaryl/α,β-unsaturated/α-hetero) is 1. The van der Waals surface area contributed by atoms with Crippen molar-refractivity contribution in [2.75, 3.05) is 13.1 Å². The Hall–Kier alpha value is -2.66. The Labute approximate surface area is 166 Å². The van der Waals surface area contributed by atoms with E-state index in [9.17, 15) is 9.59 Å². The zero-order valence-corrected chi connectivity index (χ0v) is 16.4. The van der Waals surface area contributed by atoms with Crippen molar-refractivity contribution >= 4 is 11.9 Å². The topological polar surface area (TPSA) is 72.6 Å². The summed E-state index contributed by atoms with van der Waals surface area (Å²) >= 11 is 0. The zero-order chi connectivity index (χ0) is 20.0. The number of ether oxygens (including phenoxy) is 1. The van der Waals surface area contributed by atoms with Crippen LogP contribution in [-0.4, -0.2) is 35.4 Å². The van der Waals surface area contributed by atoms with Gasteiger partial charge in [0.25, 0.3) is 0 Å². The van der Waals surface area contributed by atoms with Crippen molar-refractivity contribution in [2.45, 2.75) is 44.8 Å². The number of ketones is 1. The minimum absolute atomic E-state index is 0.0362. The first-order valence-electron chi connectivity index (χ1n) is 9.86. The highest BCUT2D eigenvalue weighted by molar-refractivity contribution is 5.90. The lowest BCUT2D eigenvalue weighted by atomic mass is 9.82. The fourth-order valence-corrected chi connectivity index (χ4v) is 3.43. The van der Waals surface area contributed by atoms with E-state index in [4.69, 9.17) is 10.5 Å². The van der Waals surface area contributed by atoms with Gasteiger partial charge in [-0.1, -0.05) is 61.5 Å². The molecular formula is C23H28N2O3. The second-order valence-corrected chi connectivity index (χ2v) is 7.45. The Morgan fingerprint density at radius 2 is 1.57 bits per heavy atom. The molecule has 1 heterocycles. The number of hydrogen-bond donors (Lipinski definition) is 1. The molecule has 0 spiro atoms. The fraction of sp³-hybridized carbons (Fsp3) is 0.391. The summed E-state index contributed by atoms with van der Waals surface area (Å²) in [6.45, 7) is 3.22. The molecule has 1 aliphatic rings. The molecule has 0 saturated carbocycles. The van der Waals surface area contributed by atoms with E-state index in [1.807, 2.05) is 42.5 Å². The number of rotatable bonds is 6. The zero-order valence-electron chi connectivity index (χ0n) is 16.4. The average molecular weight is 380 g/mol. The molecule has 1 amide bonds. The third-order valence-electron chi connectivity index (χ3n) is 5.47. The van der Waals surface area contributed by atoms with Crippen LogP contribution in [0, 0.1) is 0 Å². The lowest BCUT2D eigenvalue weighted by molar-refractivity contribution is -0.125. The van der Waals surface area contributed by atoms with Crippen molar-refractivity contribution in [3.8, 4) is 0 Å². The second-order valence-electron chi connectivity index (χ2n) is 7.45. The van der Waals surface area contributed by atoms with E-state index >= 15 is 0 Å². The van der Waals surface area contributed by atoms with E-state index in [1.54, 1.807) is 4.90 Å². The number of amides is 1. The molecule has 28 heavy (non-hydrogen) atoms. The van der Waals surface area contributed by atoms with Gasteiger partial charge in [-0.2, -0.15) is 0 Å². The first-order valence-corrected chi connectivity index (χ1v) is 9.86. The minimum atomic E-state index is -0.875. The van der Waals surface area contributed by atoms with Crippen LogP contribution in [0.4, 0.5) is 4.79 Å². The van der Waals surface area contributed by atoms with Crippen LogP contribution in [0.15, 0.2) is 54.6 Å². The number of piperidine rings is 1. The Bertz CT molecular complexity index is 794. The van der Waals surface area contributed by atoms with Crippen LogP contribution in [0.3, 0.4) is 0 Å². The highest BCUT2D eigenvalue weighted by Gasteiger charge is 2.38. The summed E-state index contributed by atoms with van der Waals surface area (Å²) in [5.74, 6) is 0.0362. The van der Waals surface area contributed by atoms with Gasteiger partial charge in [0.15, 0.2) is 5.78 Å². The summed E-state index contributed by atoms with van der Waals surface area (Å²) in [7, 11) is 0. The van der Waals surface area contributed by atoms with E-state index in [1.165, 1.54) is 5.56 Å². The maximum Gasteiger partial charge on any atom is 0.410 e. The Morgan fingerprint density at radius 1 is 0.964 bits per heavy atom. The van der Waals surface area contributed by atoms with Crippen LogP contribution in [0.25, 0.3) is 0 Å². The smallest absolute Gasteiger partial charge is 0.410 e. The molecular weight excluding hydrogens is 352 g/mol. The highest BCUT2D eigenvalue weighted by Crippen LogP contribution is 2.23. The van der Waals surface area contributed by atoms with Gasteiger partial charge < -0.3 is 15.4 Å². The maximum atomic E-state index is 12.8. The maximum absolute atomic E-state index is 12.8. The van der Waals surface area contributed by atoms with Crippen molar-refractivity contribution in [2.24, 2.45) is 5.73 Å². The van der Waals surface area contributed by atoms with E-state index < -0.39 is 5.54 Å². The molecule has 0 bridgehead atoms. The van der Waals surface area contributed by atoms with Gasteiger partial charge in [-0.25, -0.2) is 4.79 Å². The molecule has 148 valence electrons. The molecule has 5 heteroatoms. The number of hydrogen-bond acceptors (Lipinski definition) is 4. The molecule has 0 unspecified atom stereocenters. The molecule has 0 atom stereocenters. The Morgan fingerprint density at radius 3 is 2.18 bits per heavy atom. The van der Waals surface area contributed by atoms with Crippen molar-refractivity contribution in [3.05, 3.63) is 71.3 Å². The molecule has 1 saturated heterocycles. The van der Waals surface area contributed by atoms with E-state index in [0.29, 0.717) is 32.4 Å². The molecule has 0 radical (unpaired) electrons. The molecule has 5 nitrogen and oxygen atoms in total. The van der Waals surface area contributed by atoms with Crippen molar-refractivity contribution in [1.82, 2.24) is 4.90 Å². The normalized spacial score (nSPS) is 15.9. The van der Waals surface area contributed by atoms with Gasteiger partial charge in [-0.05, 0) is 36.0 Å². The average Bonchev–Trinajstić information content (AvgIpc) is 2.74. The molecule has 3 rings (SSSR count). The number of nitrogens with zero attached hydrogens (tertiary/aromatic N) is 1. The molecule has 1 fully saturated rings. The van der Waals surface area contributed by atoms with Gasteiger partial charge in [0.2, 0.25) is 0 Å². The van der Waals surface area contributed by atoms with Gasteiger partial charge in [0, 0.05) is 19.5 Å². The molecule has 0 aromatic heterocycles. The number of benzene rings is 2. The summed E-state index contributed by atoms with van der Waals surface area (Å²) < 4.78 is 5.37. The number of nitrogens with two attached hydrogens (primary N) is 1. The molecule has 2 aromatic rings. The van der Waals surface area contributed by atoms with E-state index in [-0.39, 0.29) is 18.5 Å². The summed E-state index contributed by atoms with van der Waals surface area (Å²) in [6, 6.07) is 17.7. The predicted octanol–water partition coefficient (Wildman–Crippen LogP) is 3.49. The van der Waals surface area contributed by atoms with Gasteiger partial charge in [-0.3, -0.25) is 4.79 Å². The quantitative estimate of drug-likeness (QED) is 0.833. The van der Waals surface area contributed by atoms with Crippen molar-refractivity contribution in [3.63, 3.8) is 0 Å². The first-order chi connectivity index (χ1) is 13.5. The van der Waals surface area contributed by atoms with Crippen LogP contribution in [-0.2, 0) is 29.0 Å². The van der Waals surface area contributed by atoms with Gasteiger partial charge in [0.1, 0.15) is 6.61 Å². The Kier molecular flexibility index (Phi) is 6.47. The minimum Gasteiger partial charge on any atom is -0.445 e. The molecule has 1 aliphatic heterocycles. The molecule has 2 N–H and O–H groups in total. The van der Waals surface area contributed by atoms with Gasteiger partial charge in [0.05, 0.1) is 5.54 Å². The highest BCUT2D eigenvalue weighted by atomic mass is 16.6. The number of carbonyl (C=O) groups excluding carboxylic acids is 2. The van der Waals surface area contributed by atoms with Crippen LogP contribution >= 0.6 is 0 Å². The lowest BCUT2D eigenvalue weighted by Crippen LogP contribution is -2.57. The van der Waals surface area contributed by atoms with E-state index in [2.05, 4.69) is 19.1 Å². The number of likely N-dealkylation sites (tertiary alicyclic amines) is 1. The first kappa shape index (κ1) is 20.1. The molecule has 0 aliphatic carbocycles. The Balaban J connectivity index is 1.49. The lowest BCUT2D eigenvalue weighted by Gasteiger charge is -2.37. The van der Waals surface area contributed by atoms with Crippen molar-refractivity contribution < 1.29 is 14.3 Å². The fourth-order valence-electron chi connectivity index (χ4n) is 3.43. The van der Waals surface area contributed by atoms with Gasteiger partial charge in [-0.15, -0.1) is 0 Å². The largest absolute Gasteiger partial charge is 0.445 e. The number of aryl methyl sites for hydroxylation is 1. The summed E-state index contributed by atoms with van der Waals surface area (Å²) in [5, 5.41) is 0. The van der Waals surface area contributed by atoms with Crippen molar-refractivity contribution in [1.29, 1.82) is 0 Å². The summed E-state index contributed by atoms with van der Waals surface area (Å²) in [5.41, 5.74) is 8.71. The molecule has 2 aromatic carbocycles. The SMILES string of the molecule is CCc1ccc(CC(=O)C2(N)CCN(C(=O)OCc3ccccc3)CC2)cc1.